The highest BCUT2D eigenvalue weighted by molar-refractivity contribution is 5.96. The molecule has 6 heteroatoms. The summed E-state index contributed by atoms with van der Waals surface area (Å²) in [6.45, 7) is 1.87. The number of benzene rings is 2. The predicted octanol–water partition coefficient (Wildman–Crippen LogP) is 2.93. The van der Waals surface area contributed by atoms with Crippen molar-refractivity contribution in [3.8, 4) is 17.2 Å². The van der Waals surface area contributed by atoms with Crippen LogP contribution in [0.15, 0.2) is 30.3 Å². The Morgan fingerprint density at radius 3 is 2.83 bits per heavy atom. The number of rotatable bonds is 3. The fourth-order valence-corrected chi connectivity index (χ4v) is 8.76. The lowest BCUT2D eigenvalue weighted by Crippen LogP contribution is -2.79. The minimum absolute atomic E-state index is 0.0541. The molecule has 1 unspecified atom stereocenters. The molecule has 0 aromatic heterocycles. The molecule has 2 spiro atoms. The largest absolute Gasteiger partial charge is 0.504 e. The second-order valence-electron chi connectivity index (χ2n) is 12.0. The van der Waals surface area contributed by atoms with E-state index in [0.717, 1.165) is 53.4 Å². The predicted molar refractivity (Wildman–Crippen MR) is 128 cm³/mol. The summed E-state index contributed by atoms with van der Waals surface area (Å²) in [6, 6.07) is 9.66. The highest BCUT2D eigenvalue weighted by atomic mass is 16.5. The molecule has 2 aliphatic heterocycles. The number of ether oxygens (including phenoxy) is 2. The van der Waals surface area contributed by atoms with Gasteiger partial charge in [-0.25, -0.2) is 0 Å². The summed E-state index contributed by atoms with van der Waals surface area (Å²) < 4.78 is 12.1. The molecule has 5 atom stereocenters. The zero-order valence-electron chi connectivity index (χ0n) is 20.0. The maximum absolute atomic E-state index is 14.5. The van der Waals surface area contributed by atoms with E-state index in [4.69, 9.17) is 9.47 Å². The molecule has 2 bridgehead atoms. The van der Waals surface area contributed by atoms with E-state index in [2.05, 4.69) is 11.0 Å². The van der Waals surface area contributed by atoms with Gasteiger partial charge in [0.1, 0.15) is 5.75 Å². The second-order valence-corrected chi connectivity index (χ2v) is 12.0. The van der Waals surface area contributed by atoms with E-state index in [1.165, 1.54) is 12.8 Å². The number of aliphatic hydroxyl groups is 1. The number of hydrogen-bond acceptors (Lipinski definition) is 6. The minimum atomic E-state index is -1.10. The molecular formula is C29H31NO5. The van der Waals surface area contributed by atoms with Crippen LogP contribution in [0.3, 0.4) is 0 Å². The Kier molecular flexibility index (Phi) is 3.77. The van der Waals surface area contributed by atoms with Crippen LogP contribution < -0.4 is 9.47 Å². The first kappa shape index (κ1) is 20.6. The highest BCUT2D eigenvalue weighted by Crippen LogP contribution is 2.68. The summed E-state index contributed by atoms with van der Waals surface area (Å²) in [5, 5.41) is 23.7. The first-order chi connectivity index (χ1) is 16.9. The van der Waals surface area contributed by atoms with Crippen molar-refractivity contribution in [1.29, 1.82) is 0 Å². The van der Waals surface area contributed by atoms with Crippen molar-refractivity contribution in [2.75, 3.05) is 20.2 Å². The molecule has 3 fully saturated rings. The van der Waals surface area contributed by atoms with Gasteiger partial charge < -0.3 is 19.7 Å². The highest BCUT2D eigenvalue weighted by Gasteiger charge is 2.77. The number of methoxy groups -OCH3 is 1. The normalized spacial score (nSPS) is 38.3. The Balaban J connectivity index is 1.32. The van der Waals surface area contributed by atoms with Crippen LogP contribution in [0.4, 0.5) is 0 Å². The Bertz CT molecular complexity index is 1300. The number of phenols is 1. The third kappa shape index (κ3) is 2.32. The molecule has 6 nitrogen and oxygen atoms in total. The number of piperidine rings is 1. The average Bonchev–Trinajstić information content (AvgIpc) is 3.46. The minimum Gasteiger partial charge on any atom is -0.504 e. The molecule has 1 saturated heterocycles. The zero-order chi connectivity index (χ0) is 23.7. The smallest absolute Gasteiger partial charge is 0.181 e. The monoisotopic (exact) mass is 473 g/mol. The molecule has 2 aromatic rings. The van der Waals surface area contributed by atoms with Crippen LogP contribution in [0.2, 0.25) is 0 Å². The van der Waals surface area contributed by atoms with Gasteiger partial charge in [0.05, 0.1) is 18.1 Å². The third-order valence-corrected chi connectivity index (χ3v) is 10.4. The number of carbonyl (C=O) groups excluding carboxylic acids is 1. The Morgan fingerprint density at radius 2 is 2.03 bits per heavy atom. The lowest BCUT2D eigenvalue weighted by Gasteiger charge is -2.65. The van der Waals surface area contributed by atoms with E-state index >= 15 is 0 Å². The number of Topliss-reactive ketones (excluding diaryl/α,β-unsaturated/α-hetero) is 1. The third-order valence-electron chi connectivity index (χ3n) is 10.4. The number of hydrogen-bond donors (Lipinski definition) is 2. The van der Waals surface area contributed by atoms with Crippen LogP contribution in [0.25, 0.3) is 0 Å². The first-order valence-corrected chi connectivity index (χ1v) is 13.1. The van der Waals surface area contributed by atoms with Gasteiger partial charge in [-0.1, -0.05) is 18.2 Å². The second kappa shape index (κ2) is 6.40. The van der Waals surface area contributed by atoms with Crippen LogP contribution in [-0.2, 0) is 29.5 Å². The summed E-state index contributed by atoms with van der Waals surface area (Å²) >= 11 is 0. The van der Waals surface area contributed by atoms with E-state index in [0.29, 0.717) is 31.4 Å². The molecule has 0 amide bonds. The van der Waals surface area contributed by atoms with Gasteiger partial charge >= 0.3 is 0 Å². The number of ketones is 1. The van der Waals surface area contributed by atoms with Gasteiger partial charge in [0.25, 0.3) is 0 Å². The SMILES string of the molecule is COc1cccc2c1CC1(C2)C[C@@]2(O)[C@H]3Cc4ccc(O)c5c4[C@@]2(CCN3CC2CC2)[C@@H](O5)C1=O. The van der Waals surface area contributed by atoms with Gasteiger partial charge in [0.15, 0.2) is 23.4 Å². The van der Waals surface area contributed by atoms with Crippen LogP contribution in [0, 0.1) is 11.3 Å². The van der Waals surface area contributed by atoms with Crippen LogP contribution in [0.1, 0.15) is 47.9 Å². The van der Waals surface area contributed by atoms with Gasteiger partial charge in [0.2, 0.25) is 0 Å². The lowest BCUT2D eigenvalue weighted by molar-refractivity contribution is -0.209. The Labute approximate surface area is 204 Å². The Morgan fingerprint density at radius 1 is 1.17 bits per heavy atom. The molecule has 2 N–H and O–H groups in total. The van der Waals surface area contributed by atoms with Crippen molar-refractivity contribution in [1.82, 2.24) is 4.90 Å². The molecule has 8 rings (SSSR count). The standard InChI is InChI=1S/C29H31NO5/c1-34-21-4-2-3-18-12-27(13-19(18)21)15-29(33)22-11-17-7-8-20(31)24-23(17)28(29,26(35-24)25(27)32)9-10-30(22)14-16-5-6-16/h2-4,7-8,16,22,26,31,33H,5-6,9-15H2,1H3/t22-,26+,27?,28+,29-/m1/s1. The summed E-state index contributed by atoms with van der Waals surface area (Å²) in [6.07, 6.45) is 4.76. The van der Waals surface area contributed by atoms with Crippen LogP contribution >= 0.6 is 0 Å². The number of carbonyl (C=O) groups is 1. The summed E-state index contributed by atoms with van der Waals surface area (Å²) in [7, 11) is 1.67. The molecule has 4 aliphatic carbocycles. The fourth-order valence-electron chi connectivity index (χ4n) is 8.76. The maximum atomic E-state index is 14.5. The number of nitrogens with zero attached hydrogens (tertiary/aromatic N) is 1. The molecule has 2 aromatic carbocycles. The number of phenolic OH excluding ortho intramolecular Hbond substituents is 1. The van der Waals surface area contributed by atoms with Crippen LogP contribution in [-0.4, -0.2) is 58.8 Å². The lowest BCUT2D eigenvalue weighted by atomic mass is 9.44. The van der Waals surface area contributed by atoms with Crippen molar-refractivity contribution < 1.29 is 24.5 Å². The van der Waals surface area contributed by atoms with E-state index in [9.17, 15) is 15.0 Å². The number of fused-ring (bicyclic) bond motifs is 1. The maximum Gasteiger partial charge on any atom is 0.181 e. The van der Waals surface area contributed by atoms with Gasteiger partial charge in [-0.3, -0.25) is 9.69 Å². The van der Waals surface area contributed by atoms with Gasteiger partial charge in [-0.15, -0.1) is 0 Å². The molecule has 0 radical (unpaired) electrons. The Hall–Kier alpha value is -2.57. The van der Waals surface area contributed by atoms with Gasteiger partial charge in [-0.2, -0.15) is 0 Å². The van der Waals surface area contributed by atoms with Gasteiger partial charge in [-0.05, 0) is 86.2 Å². The summed E-state index contributed by atoms with van der Waals surface area (Å²) in [5.41, 5.74) is 1.63. The average molecular weight is 474 g/mol. The van der Waals surface area contributed by atoms with E-state index in [1.807, 2.05) is 18.2 Å². The zero-order valence-corrected chi connectivity index (χ0v) is 20.0. The van der Waals surface area contributed by atoms with Crippen LogP contribution in [0.5, 0.6) is 17.2 Å². The van der Waals surface area contributed by atoms with Crippen molar-refractivity contribution in [2.45, 2.75) is 68.1 Å². The molecule has 6 aliphatic rings. The van der Waals surface area contributed by atoms with E-state index < -0.39 is 22.5 Å². The van der Waals surface area contributed by atoms with Crippen molar-refractivity contribution >= 4 is 5.78 Å². The molecule has 182 valence electrons. The number of likely N-dealkylation sites (tertiary alicyclic amines) is 1. The molecule has 2 heterocycles. The topological polar surface area (TPSA) is 79.2 Å². The van der Waals surface area contributed by atoms with E-state index in [1.54, 1.807) is 13.2 Å². The van der Waals surface area contributed by atoms with Crippen molar-refractivity contribution in [3.05, 3.63) is 52.6 Å². The summed E-state index contributed by atoms with van der Waals surface area (Å²) in [5.74, 6) is 2.12. The fraction of sp³-hybridized carbons (Fsp3) is 0.552. The number of aromatic hydroxyl groups is 1. The van der Waals surface area contributed by atoms with Crippen molar-refractivity contribution in [3.63, 3.8) is 0 Å². The quantitative estimate of drug-likeness (QED) is 0.714. The van der Waals surface area contributed by atoms with Gasteiger partial charge in [0, 0.05) is 23.6 Å². The van der Waals surface area contributed by atoms with Crippen molar-refractivity contribution in [2.24, 2.45) is 11.3 Å². The molecular weight excluding hydrogens is 442 g/mol. The van der Waals surface area contributed by atoms with E-state index in [-0.39, 0.29) is 17.6 Å². The molecule has 35 heavy (non-hydrogen) atoms. The summed E-state index contributed by atoms with van der Waals surface area (Å²) in [4.78, 5) is 17.0. The molecule has 2 saturated carbocycles. The first-order valence-electron chi connectivity index (χ1n) is 13.1.